The molecule has 0 radical (unpaired) electrons. The number of para-hydroxylation sites is 1. The Morgan fingerprint density at radius 3 is 2.60 bits per heavy atom. The molecule has 0 bridgehead atoms. The van der Waals surface area contributed by atoms with Crippen molar-refractivity contribution < 1.29 is 14.3 Å². The van der Waals surface area contributed by atoms with Crippen molar-refractivity contribution in [1.29, 1.82) is 5.26 Å². The Balaban J connectivity index is 1.96. The van der Waals surface area contributed by atoms with E-state index < -0.39 is 5.91 Å². The highest BCUT2D eigenvalue weighted by Gasteiger charge is 2.24. The number of carbonyl (C=O) groups excluding carboxylic acids is 1. The maximum atomic E-state index is 11.5. The number of amides is 1. The molecular formula is C26H26N6O3. The number of ether oxygens (including phenoxy) is 2. The van der Waals surface area contributed by atoms with Crippen molar-refractivity contribution in [3.8, 4) is 28.8 Å². The lowest BCUT2D eigenvalue weighted by Gasteiger charge is -2.17. The summed E-state index contributed by atoms with van der Waals surface area (Å²) in [6.45, 7) is 4.23. The van der Waals surface area contributed by atoms with Crippen molar-refractivity contribution in [1.82, 2.24) is 9.38 Å². The third kappa shape index (κ3) is 4.88. The van der Waals surface area contributed by atoms with Gasteiger partial charge in [-0.05, 0) is 43.2 Å². The first-order valence-corrected chi connectivity index (χ1v) is 11.1. The second kappa shape index (κ2) is 10.2. The first-order valence-electron chi connectivity index (χ1n) is 11.1. The highest BCUT2D eigenvalue weighted by Crippen LogP contribution is 2.41. The largest absolute Gasteiger partial charge is 0.492 e. The smallest absolute Gasteiger partial charge is 0.255 e. The maximum Gasteiger partial charge on any atom is 0.255 e. The molecule has 0 aliphatic carbocycles. The van der Waals surface area contributed by atoms with Crippen LogP contribution in [0.1, 0.15) is 16.7 Å². The van der Waals surface area contributed by atoms with Crippen LogP contribution in [0.25, 0.3) is 16.9 Å². The van der Waals surface area contributed by atoms with Crippen molar-refractivity contribution in [2.24, 2.45) is 11.5 Å². The summed E-state index contributed by atoms with van der Waals surface area (Å²) in [6, 6.07) is 17.1. The van der Waals surface area contributed by atoms with Gasteiger partial charge in [0.15, 0.2) is 6.61 Å². The number of nitrogens with zero attached hydrogens (tertiary/aromatic N) is 3. The number of nitrogens with one attached hydrogen (secondary N) is 1. The fourth-order valence-electron chi connectivity index (χ4n) is 3.87. The molecule has 5 N–H and O–H groups in total. The molecule has 2 heterocycles. The summed E-state index contributed by atoms with van der Waals surface area (Å²) in [5, 5.41) is 13.6. The minimum atomic E-state index is -0.647. The van der Waals surface area contributed by atoms with E-state index in [2.05, 4.69) is 11.4 Å². The van der Waals surface area contributed by atoms with Gasteiger partial charge >= 0.3 is 0 Å². The van der Waals surface area contributed by atoms with E-state index >= 15 is 0 Å². The Morgan fingerprint density at radius 1 is 1.14 bits per heavy atom. The van der Waals surface area contributed by atoms with E-state index in [0.29, 0.717) is 35.0 Å². The van der Waals surface area contributed by atoms with E-state index in [1.54, 1.807) is 12.1 Å². The third-order valence-electron chi connectivity index (χ3n) is 5.44. The molecule has 4 aromatic rings. The van der Waals surface area contributed by atoms with Crippen LogP contribution in [0.2, 0.25) is 0 Å². The van der Waals surface area contributed by atoms with E-state index in [4.69, 9.17) is 25.9 Å². The maximum absolute atomic E-state index is 11.5. The van der Waals surface area contributed by atoms with Crippen LogP contribution < -0.4 is 26.3 Å². The summed E-state index contributed by atoms with van der Waals surface area (Å²) in [7, 11) is 0. The minimum absolute atomic E-state index is 0.253. The molecule has 0 aliphatic heterocycles. The second-order valence-electron chi connectivity index (χ2n) is 7.98. The molecule has 9 heteroatoms. The van der Waals surface area contributed by atoms with Gasteiger partial charge in [-0.15, -0.1) is 0 Å². The molecule has 0 unspecified atom stereocenters. The first-order chi connectivity index (χ1) is 16.9. The molecular weight excluding hydrogens is 444 g/mol. The van der Waals surface area contributed by atoms with Crippen LogP contribution in [0.15, 0.2) is 54.7 Å². The van der Waals surface area contributed by atoms with Crippen molar-refractivity contribution >= 4 is 23.1 Å². The minimum Gasteiger partial charge on any atom is -0.492 e. The SMILES string of the molecule is Cc1cccc(C)c1Nc1c(-c2c(C#N)cc(OCCN)cc2OCC(N)=O)nc2ccccn12. The van der Waals surface area contributed by atoms with E-state index in [9.17, 15) is 10.1 Å². The lowest BCUT2D eigenvalue weighted by atomic mass is 10.0. The Hall–Kier alpha value is -4.55. The Morgan fingerprint density at radius 2 is 1.91 bits per heavy atom. The molecule has 0 spiro atoms. The number of rotatable bonds is 9. The molecule has 0 fully saturated rings. The number of aromatic nitrogens is 2. The quantitative estimate of drug-likeness (QED) is 0.340. The molecule has 0 aliphatic rings. The Bertz CT molecular complexity index is 1420. The monoisotopic (exact) mass is 470 g/mol. The molecule has 35 heavy (non-hydrogen) atoms. The number of imidazole rings is 1. The summed E-state index contributed by atoms with van der Waals surface area (Å²) < 4.78 is 13.3. The summed E-state index contributed by atoms with van der Waals surface area (Å²) in [4.78, 5) is 16.3. The van der Waals surface area contributed by atoms with Gasteiger partial charge in [-0.1, -0.05) is 24.3 Å². The van der Waals surface area contributed by atoms with Gasteiger partial charge in [0.1, 0.15) is 41.3 Å². The van der Waals surface area contributed by atoms with Gasteiger partial charge in [0.2, 0.25) is 0 Å². The van der Waals surface area contributed by atoms with E-state index in [-0.39, 0.29) is 24.5 Å². The van der Waals surface area contributed by atoms with Gasteiger partial charge in [-0.25, -0.2) is 4.98 Å². The number of primary amides is 1. The zero-order valence-electron chi connectivity index (χ0n) is 19.5. The number of pyridine rings is 1. The van der Waals surface area contributed by atoms with E-state index in [0.717, 1.165) is 16.8 Å². The normalized spacial score (nSPS) is 10.7. The average molecular weight is 471 g/mol. The predicted octanol–water partition coefficient (Wildman–Crippen LogP) is 3.44. The lowest BCUT2D eigenvalue weighted by Crippen LogP contribution is -2.20. The highest BCUT2D eigenvalue weighted by molar-refractivity contribution is 5.87. The van der Waals surface area contributed by atoms with Gasteiger partial charge in [0.25, 0.3) is 5.91 Å². The van der Waals surface area contributed by atoms with Crippen LogP contribution in [0.4, 0.5) is 11.5 Å². The molecule has 1 amide bonds. The Kier molecular flexibility index (Phi) is 6.85. The van der Waals surface area contributed by atoms with Gasteiger partial charge in [-0.2, -0.15) is 5.26 Å². The second-order valence-corrected chi connectivity index (χ2v) is 7.98. The summed E-state index contributed by atoms with van der Waals surface area (Å²) in [6.07, 6.45) is 1.89. The average Bonchev–Trinajstić information content (AvgIpc) is 3.21. The molecule has 2 aromatic heterocycles. The van der Waals surface area contributed by atoms with E-state index in [1.165, 1.54) is 0 Å². The molecule has 0 saturated carbocycles. The Labute approximate surface area is 202 Å². The summed E-state index contributed by atoms with van der Waals surface area (Å²) in [5.74, 6) is 0.645. The highest BCUT2D eigenvalue weighted by atomic mass is 16.5. The fourth-order valence-corrected chi connectivity index (χ4v) is 3.87. The fraction of sp³-hybridized carbons (Fsp3) is 0.192. The topological polar surface area (TPSA) is 141 Å². The molecule has 0 saturated heterocycles. The van der Waals surface area contributed by atoms with Crippen molar-refractivity contribution in [2.45, 2.75) is 13.8 Å². The van der Waals surface area contributed by atoms with Crippen LogP contribution in [-0.4, -0.2) is 35.1 Å². The van der Waals surface area contributed by atoms with Crippen LogP contribution in [-0.2, 0) is 4.79 Å². The number of aryl methyl sites for hydroxylation is 2. The van der Waals surface area contributed by atoms with Crippen LogP contribution in [0.5, 0.6) is 11.5 Å². The molecule has 178 valence electrons. The molecule has 2 aromatic carbocycles. The number of anilines is 2. The molecule has 4 rings (SSSR count). The lowest BCUT2D eigenvalue weighted by molar-refractivity contribution is -0.119. The van der Waals surface area contributed by atoms with Gasteiger partial charge < -0.3 is 26.3 Å². The number of fused-ring (bicyclic) bond motifs is 1. The number of carbonyl (C=O) groups is 1. The zero-order valence-corrected chi connectivity index (χ0v) is 19.5. The zero-order chi connectivity index (χ0) is 24.9. The number of hydrogen-bond acceptors (Lipinski definition) is 7. The van der Waals surface area contributed by atoms with E-state index in [1.807, 2.05) is 60.8 Å². The van der Waals surface area contributed by atoms with Crippen LogP contribution in [0, 0.1) is 25.2 Å². The van der Waals surface area contributed by atoms with Crippen molar-refractivity contribution in [3.05, 3.63) is 71.4 Å². The van der Waals surface area contributed by atoms with Gasteiger partial charge in [0, 0.05) is 24.5 Å². The van der Waals surface area contributed by atoms with Crippen LogP contribution in [0.3, 0.4) is 0 Å². The van der Waals surface area contributed by atoms with Gasteiger partial charge in [-0.3, -0.25) is 9.20 Å². The third-order valence-corrected chi connectivity index (χ3v) is 5.44. The summed E-state index contributed by atoms with van der Waals surface area (Å²) >= 11 is 0. The van der Waals surface area contributed by atoms with Crippen molar-refractivity contribution in [2.75, 3.05) is 25.1 Å². The number of nitrogens with two attached hydrogens (primary N) is 2. The molecule has 9 nitrogen and oxygen atoms in total. The van der Waals surface area contributed by atoms with Crippen LogP contribution >= 0.6 is 0 Å². The van der Waals surface area contributed by atoms with Crippen molar-refractivity contribution in [3.63, 3.8) is 0 Å². The first kappa shape index (κ1) is 23.6. The van der Waals surface area contributed by atoms with Gasteiger partial charge in [0.05, 0.1) is 11.1 Å². The standard InChI is InChI=1S/C26H26N6O3/c1-16-6-5-7-17(2)24(16)31-26-25(30-22-8-3-4-10-32(22)26)23-18(14-28)12-19(34-11-9-27)13-20(23)35-15-21(29)33/h3-8,10,12-13,31H,9,11,15,27H2,1-2H3,(H2,29,33). The number of benzene rings is 2. The number of nitriles is 1. The number of hydrogen-bond donors (Lipinski definition) is 3. The molecule has 0 atom stereocenters. The predicted molar refractivity (Wildman–Crippen MR) is 134 cm³/mol. The summed E-state index contributed by atoms with van der Waals surface area (Å²) in [5.41, 5.74) is 15.8.